The Balaban J connectivity index is 1.70. The third-order valence-electron chi connectivity index (χ3n) is 4.23. The number of nitrogens with zero attached hydrogens (tertiary/aromatic N) is 2. The number of nitrogens with two attached hydrogens (primary N) is 1. The smallest absolute Gasteiger partial charge is 0.136 e. The molecule has 0 aromatic carbocycles. The second kappa shape index (κ2) is 5.43. The molecule has 1 aromatic heterocycles. The molecular weight excluding hydrogens is 256 g/mol. The first-order valence-corrected chi connectivity index (χ1v) is 7.40. The quantitative estimate of drug-likeness (QED) is 0.824. The highest BCUT2D eigenvalue weighted by Gasteiger charge is 2.31. The number of fused-ring (bicyclic) bond motifs is 1. The molecule has 0 saturated carbocycles. The van der Waals surface area contributed by atoms with Crippen LogP contribution in [0.5, 0.6) is 0 Å². The highest BCUT2D eigenvalue weighted by atomic mass is 32.1. The van der Waals surface area contributed by atoms with E-state index in [1.54, 1.807) is 6.20 Å². The van der Waals surface area contributed by atoms with Crippen molar-refractivity contribution >= 4 is 23.0 Å². The highest BCUT2D eigenvalue weighted by molar-refractivity contribution is 7.80. The van der Waals surface area contributed by atoms with Crippen molar-refractivity contribution in [3.8, 4) is 0 Å². The van der Waals surface area contributed by atoms with E-state index < -0.39 is 0 Å². The van der Waals surface area contributed by atoms with Gasteiger partial charge in [-0.05, 0) is 44.4 Å². The predicted octanol–water partition coefficient (Wildman–Crippen LogP) is 1.75. The molecule has 0 bridgehead atoms. The van der Waals surface area contributed by atoms with Crippen molar-refractivity contribution in [1.29, 1.82) is 0 Å². The van der Waals surface area contributed by atoms with Crippen molar-refractivity contribution in [3.05, 3.63) is 23.9 Å². The van der Waals surface area contributed by atoms with Crippen LogP contribution in [0.15, 0.2) is 18.3 Å². The van der Waals surface area contributed by atoms with Gasteiger partial charge in [-0.15, -0.1) is 0 Å². The number of anilines is 1. The summed E-state index contributed by atoms with van der Waals surface area (Å²) in [5.74, 6) is 0.839. The molecule has 19 heavy (non-hydrogen) atoms. The van der Waals surface area contributed by atoms with E-state index in [0.29, 0.717) is 11.0 Å². The summed E-state index contributed by atoms with van der Waals surface area (Å²) in [6.07, 6.45) is 6.84. The number of pyridine rings is 1. The van der Waals surface area contributed by atoms with Gasteiger partial charge in [-0.2, -0.15) is 0 Å². The molecule has 4 nitrogen and oxygen atoms in total. The van der Waals surface area contributed by atoms with Gasteiger partial charge in [0.25, 0.3) is 0 Å². The monoisotopic (exact) mass is 276 g/mol. The molecule has 0 aliphatic carbocycles. The van der Waals surface area contributed by atoms with Crippen molar-refractivity contribution < 1.29 is 0 Å². The maximum absolute atomic E-state index is 5.75. The molecule has 5 heteroatoms. The molecule has 2 fully saturated rings. The van der Waals surface area contributed by atoms with Crippen LogP contribution >= 0.6 is 12.2 Å². The summed E-state index contributed by atoms with van der Waals surface area (Å²) in [5.41, 5.74) is 6.60. The Hall–Kier alpha value is -1.20. The SMILES string of the molecule is NC(=S)c1cccnc1NC1CCN2CCCC2C1. The average molecular weight is 276 g/mol. The second-order valence-corrected chi connectivity index (χ2v) is 5.90. The summed E-state index contributed by atoms with van der Waals surface area (Å²) in [4.78, 5) is 7.41. The van der Waals surface area contributed by atoms with Crippen LogP contribution in [0.4, 0.5) is 5.82 Å². The minimum Gasteiger partial charge on any atom is -0.389 e. The molecule has 0 amide bonds. The van der Waals surface area contributed by atoms with Gasteiger partial charge in [0.2, 0.25) is 0 Å². The van der Waals surface area contributed by atoms with Gasteiger partial charge in [0.05, 0.1) is 5.56 Å². The van der Waals surface area contributed by atoms with Crippen LogP contribution in [0.3, 0.4) is 0 Å². The maximum Gasteiger partial charge on any atom is 0.136 e. The molecule has 2 unspecified atom stereocenters. The second-order valence-electron chi connectivity index (χ2n) is 5.46. The highest BCUT2D eigenvalue weighted by Crippen LogP contribution is 2.28. The molecule has 0 radical (unpaired) electrons. The van der Waals surface area contributed by atoms with Crippen LogP contribution < -0.4 is 11.1 Å². The normalized spacial score (nSPS) is 26.9. The fourth-order valence-corrected chi connectivity index (χ4v) is 3.43. The van der Waals surface area contributed by atoms with Crippen molar-refractivity contribution in [1.82, 2.24) is 9.88 Å². The van der Waals surface area contributed by atoms with E-state index in [0.717, 1.165) is 17.4 Å². The van der Waals surface area contributed by atoms with Gasteiger partial charge >= 0.3 is 0 Å². The van der Waals surface area contributed by atoms with Gasteiger partial charge < -0.3 is 16.0 Å². The molecule has 102 valence electrons. The first kappa shape index (κ1) is 12.8. The van der Waals surface area contributed by atoms with E-state index in [2.05, 4.69) is 15.2 Å². The first-order chi connectivity index (χ1) is 9.24. The Morgan fingerprint density at radius 2 is 2.32 bits per heavy atom. The van der Waals surface area contributed by atoms with E-state index >= 15 is 0 Å². The van der Waals surface area contributed by atoms with Crippen molar-refractivity contribution in [2.45, 2.75) is 37.8 Å². The summed E-state index contributed by atoms with van der Waals surface area (Å²) in [6, 6.07) is 5.05. The van der Waals surface area contributed by atoms with E-state index in [1.165, 1.54) is 38.8 Å². The predicted molar refractivity (Wildman–Crippen MR) is 81.4 cm³/mol. The zero-order valence-electron chi connectivity index (χ0n) is 11.0. The van der Waals surface area contributed by atoms with Crippen LogP contribution in [0.1, 0.15) is 31.2 Å². The van der Waals surface area contributed by atoms with E-state index in [9.17, 15) is 0 Å². The fraction of sp³-hybridized carbons (Fsp3) is 0.571. The molecule has 3 heterocycles. The van der Waals surface area contributed by atoms with Crippen LogP contribution in [-0.4, -0.2) is 40.0 Å². The van der Waals surface area contributed by atoms with Crippen molar-refractivity contribution in [2.24, 2.45) is 5.73 Å². The Morgan fingerprint density at radius 3 is 3.16 bits per heavy atom. The number of nitrogens with one attached hydrogen (secondary N) is 1. The third kappa shape index (κ3) is 2.72. The Morgan fingerprint density at radius 1 is 1.42 bits per heavy atom. The number of hydrogen-bond acceptors (Lipinski definition) is 4. The number of rotatable bonds is 3. The molecule has 3 rings (SSSR count). The molecule has 2 atom stereocenters. The third-order valence-corrected chi connectivity index (χ3v) is 4.45. The van der Waals surface area contributed by atoms with Gasteiger partial charge in [-0.25, -0.2) is 4.98 Å². The lowest BCUT2D eigenvalue weighted by atomic mass is 9.97. The Labute approximate surface area is 119 Å². The minimum atomic E-state index is 0.411. The lowest BCUT2D eigenvalue weighted by molar-refractivity contribution is 0.188. The lowest BCUT2D eigenvalue weighted by Gasteiger charge is -2.35. The first-order valence-electron chi connectivity index (χ1n) is 6.99. The van der Waals surface area contributed by atoms with Crippen molar-refractivity contribution in [3.63, 3.8) is 0 Å². The van der Waals surface area contributed by atoms with Crippen LogP contribution in [-0.2, 0) is 0 Å². The summed E-state index contributed by atoms with van der Waals surface area (Å²) in [6.45, 7) is 2.47. The summed E-state index contributed by atoms with van der Waals surface area (Å²) in [5, 5.41) is 3.54. The summed E-state index contributed by atoms with van der Waals surface area (Å²) >= 11 is 5.08. The van der Waals surface area contributed by atoms with E-state index in [4.69, 9.17) is 18.0 Å². The van der Waals surface area contributed by atoms with E-state index in [-0.39, 0.29) is 0 Å². The van der Waals surface area contributed by atoms with Crippen LogP contribution in [0, 0.1) is 0 Å². The molecule has 3 N–H and O–H groups in total. The lowest BCUT2D eigenvalue weighted by Crippen LogP contribution is -2.43. The summed E-state index contributed by atoms with van der Waals surface area (Å²) < 4.78 is 0. The minimum absolute atomic E-state index is 0.411. The number of aromatic nitrogens is 1. The number of thiocarbonyl (C=S) groups is 1. The van der Waals surface area contributed by atoms with E-state index in [1.807, 2.05) is 12.1 Å². The number of piperidine rings is 1. The van der Waals surface area contributed by atoms with Gasteiger partial charge in [0.15, 0.2) is 0 Å². The molecule has 1 aromatic rings. The topological polar surface area (TPSA) is 54.2 Å². The summed E-state index contributed by atoms with van der Waals surface area (Å²) in [7, 11) is 0. The standard InChI is InChI=1S/C14H20N4S/c15-13(19)12-4-1-6-16-14(12)17-10-5-8-18-7-2-3-11(18)9-10/h1,4,6,10-11H,2-3,5,7-9H2,(H2,15,19)(H,16,17). The van der Waals surface area contributed by atoms with Crippen LogP contribution in [0.25, 0.3) is 0 Å². The molecule has 2 aliphatic heterocycles. The van der Waals surface area contributed by atoms with Gasteiger partial charge in [0, 0.05) is 24.8 Å². The molecule has 2 saturated heterocycles. The van der Waals surface area contributed by atoms with Crippen LogP contribution in [0.2, 0.25) is 0 Å². The Bertz CT molecular complexity index is 476. The van der Waals surface area contributed by atoms with Gasteiger partial charge in [-0.1, -0.05) is 12.2 Å². The van der Waals surface area contributed by atoms with Gasteiger partial charge in [0.1, 0.15) is 10.8 Å². The maximum atomic E-state index is 5.75. The molecular formula is C14H20N4S. The molecule has 2 aliphatic rings. The fourth-order valence-electron chi connectivity index (χ4n) is 3.27. The number of hydrogen-bond donors (Lipinski definition) is 2. The zero-order chi connectivity index (χ0) is 13.2. The zero-order valence-corrected chi connectivity index (χ0v) is 11.8. The molecule has 0 spiro atoms. The average Bonchev–Trinajstić information content (AvgIpc) is 2.86. The van der Waals surface area contributed by atoms with Crippen molar-refractivity contribution in [2.75, 3.05) is 18.4 Å². The van der Waals surface area contributed by atoms with Gasteiger partial charge in [-0.3, -0.25) is 0 Å². The Kier molecular flexibility index (Phi) is 3.66. The largest absolute Gasteiger partial charge is 0.389 e.